The zero-order valence-corrected chi connectivity index (χ0v) is 16.1. The number of aromatic nitrogens is 3. The predicted octanol–water partition coefficient (Wildman–Crippen LogP) is 3.40. The Kier molecular flexibility index (Phi) is 5.84. The van der Waals surface area contributed by atoms with Crippen LogP contribution in [-0.4, -0.2) is 45.3 Å². The summed E-state index contributed by atoms with van der Waals surface area (Å²) < 4.78 is 21.1. The molecule has 0 aliphatic carbocycles. The molecule has 2 heterocycles. The molecule has 150 valence electrons. The molecule has 0 N–H and O–H groups in total. The molecule has 1 aromatic heterocycles. The molecule has 1 amide bonds. The van der Waals surface area contributed by atoms with Gasteiger partial charge in [-0.1, -0.05) is 24.3 Å². The first-order chi connectivity index (χ1) is 14.2. The Labute approximate surface area is 168 Å². The Morgan fingerprint density at radius 1 is 1.21 bits per heavy atom. The van der Waals surface area contributed by atoms with E-state index in [1.54, 1.807) is 29.2 Å². The number of carbonyl (C=O) groups excluding carboxylic acids is 1. The number of carbonyl (C=O) groups is 1. The summed E-state index contributed by atoms with van der Waals surface area (Å²) in [6.07, 6.45) is 5.02. The van der Waals surface area contributed by atoms with Crippen molar-refractivity contribution in [2.45, 2.75) is 19.4 Å². The minimum Gasteiger partial charge on any atom is -0.490 e. The van der Waals surface area contributed by atoms with Crippen LogP contribution in [-0.2, 0) is 6.54 Å². The van der Waals surface area contributed by atoms with Gasteiger partial charge in [0.1, 0.15) is 12.7 Å². The first-order valence-corrected chi connectivity index (χ1v) is 9.77. The van der Waals surface area contributed by atoms with Gasteiger partial charge in [-0.15, -0.1) is 0 Å². The molecule has 0 saturated carbocycles. The van der Waals surface area contributed by atoms with Crippen LogP contribution in [0.2, 0.25) is 0 Å². The number of hydrogen-bond acceptors (Lipinski definition) is 4. The average Bonchev–Trinajstić information content (AvgIpc) is 3.26. The Morgan fingerprint density at radius 3 is 2.93 bits per heavy atom. The quantitative estimate of drug-likeness (QED) is 0.643. The summed E-state index contributed by atoms with van der Waals surface area (Å²) in [7, 11) is 0. The molecule has 0 bridgehead atoms. The highest BCUT2D eigenvalue weighted by molar-refractivity contribution is 5.94. The number of hydrogen-bond donors (Lipinski definition) is 0. The third kappa shape index (κ3) is 4.80. The summed E-state index contributed by atoms with van der Waals surface area (Å²) >= 11 is 0. The molecule has 1 aliphatic rings. The molecular weight excluding hydrogens is 371 g/mol. The number of ether oxygens (including phenoxy) is 1. The predicted molar refractivity (Wildman–Crippen MR) is 106 cm³/mol. The van der Waals surface area contributed by atoms with Gasteiger partial charge in [0.15, 0.2) is 11.6 Å². The standard InChI is InChI=1S/C22H23FN4O2/c23-20-8-1-2-9-21(20)29-14-18-6-4-10-26(12-18)22(28)19-7-3-5-17(11-19)13-27-16-24-15-25-27/h1-3,5,7-9,11,15-16,18H,4,6,10,12-14H2. The largest absolute Gasteiger partial charge is 0.490 e. The molecule has 29 heavy (non-hydrogen) atoms. The number of amides is 1. The van der Waals surface area contributed by atoms with Crippen LogP contribution >= 0.6 is 0 Å². The van der Waals surface area contributed by atoms with Crippen molar-refractivity contribution < 1.29 is 13.9 Å². The van der Waals surface area contributed by atoms with Crippen LogP contribution in [0.5, 0.6) is 5.75 Å². The van der Waals surface area contributed by atoms with Gasteiger partial charge >= 0.3 is 0 Å². The number of para-hydroxylation sites is 1. The molecule has 1 saturated heterocycles. The van der Waals surface area contributed by atoms with Crippen molar-refractivity contribution in [2.75, 3.05) is 19.7 Å². The summed E-state index contributed by atoms with van der Waals surface area (Å²) in [5.74, 6) is 0.101. The van der Waals surface area contributed by atoms with Gasteiger partial charge in [0.2, 0.25) is 0 Å². The van der Waals surface area contributed by atoms with Crippen LogP contribution in [0.15, 0.2) is 61.2 Å². The summed E-state index contributed by atoms with van der Waals surface area (Å²) in [5.41, 5.74) is 1.66. The molecule has 6 nitrogen and oxygen atoms in total. The van der Waals surface area contributed by atoms with Crippen LogP contribution in [0.3, 0.4) is 0 Å². The van der Waals surface area contributed by atoms with E-state index in [2.05, 4.69) is 10.1 Å². The fourth-order valence-electron chi connectivity index (χ4n) is 3.64. The van der Waals surface area contributed by atoms with Gasteiger partial charge < -0.3 is 9.64 Å². The lowest BCUT2D eigenvalue weighted by Gasteiger charge is -2.32. The second-order valence-corrected chi connectivity index (χ2v) is 7.29. The normalized spacial score (nSPS) is 16.6. The maximum atomic E-state index is 13.7. The van der Waals surface area contributed by atoms with Crippen LogP contribution in [0, 0.1) is 11.7 Å². The highest BCUT2D eigenvalue weighted by Crippen LogP contribution is 2.22. The topological polar surface area (TPSA) is 60.2 Å². The third-order valence-corrected chi connectivity index (χ3v) is 5.10. The molecule has 1 fully saturated rings. The molecule has 3 aromatic rings. The number of piperidine rings is 1. The van der Waals surface area contributed by atoms with Crippen molar-refractivity contribution in [1.82, 2.24) is 19.7 Å². The summed E-state index contributed by atoms with van der Waals surface area (Å²) in [6.45, 7) is 2.31. The van der Waals surface area contributed by atoms with Crippen molar-refractivity contribution >= 4 is 5.91 Å². The number of likely N-dealkylation sites (tertiary alicyclic amines) is 1. The first-order valence-electron chi connectivity index (χ1n) is 9.77. The molecule has 0 radical (unpaired) electrons. The SMILES string of the molecule is O=C(c1cccc(Cn2cncn2)c1)N1CCCC(COc2ccccc2F)C1. The maximum absolute atomic E-state index is 13.7. The minimum absolute atomic E-state index is 0.0148. The molecule has 0 spiro atoms. The number of halogens is 1. The van der Waals surface area contributed by atoms with Gasteiger partial charge in [-0.2, -0.15) is 5.10 Å². The van der Waals surface area contributed by atoms with Crippen molar-refractivity contribution in [3.63, 3.8) is 0 Å². The van der Waals surface area contributed by atoms with Gasteiger partial charge in [-0.05, 0) is 42.7 Å². The highest BCUT2D eigenvalue weighted by atomic mass is 19.1. The van der Waals surface area contributed by atoms with Crippen molar-refractivity contribution in [1.29, 1.82) is 0 Å². The van der Waals surface area contributed by atoms with Gasteiger partial charge in [-0.25, -0.2) is 14.1 Å². The molecule has 4 rings (SSSR count). The molecule has 2 aromatic carbocycles. The van der Waals surface area contributed by atoms with Crippen molar-refractivity contribution in [3.05, 3.63) is 78.1 Å². The Balaban J connectivity index is 1.38. The Morgan fingerprint density at radius 2 is 2.10 bits per heavy atom. The van der Waals surface area contributed by atoms with E-state index in [0.717, 1.165) is 24.9 Å². The molecule has 1 unspecified atom stereocenters. The molecule has 1 atom stereocenters. The van der Waals surface area contributed by atoms with E-state index in [-0.39, 0.29) is 23.4 Å². The second kappa shape index (κ2) is 8.86. The third-order valence-electron chi connectivity index (χ3n) is 5.10. The summed E-state index contributed by atoms with van der Waals surface area (Å²) in [6, 6.07) is 14.0. The molecule has 1 aliphatic heterocycles. The maximum Gasteiger partial charge on any atom is 0.253 e. The lowest BCUT2D eigenvalue weighted by molar-refractivity contribution is 0.0631. The van der Waals surface area contributed by atoms with E-state index in [4.69, 9.17) is 4.74 Å². The van der Waals surface area contributed by atoms with Crippen LogP contribution < -0.4 is 4.74 Å². The lowest BCUT2D eigenvalue weighted by Crippen LogP contribution is -2.41. The lowest BCUT2D eigenvalue weighted by atomic mass is 9.98. The smallest absolute Gasteiger partial charge is 0.253 e. The number of benzene rings is 2. The van der Waals surface area contributed by atoms with E-state index in [0.29, 0.717) is 25.3 Å². The molecular formula is C22H23FN4O2. The van der Waals surface area contributed by atoms with Crippen molar-refractivity contribution in [2.24, 2.45) is 5.92 Å². The number of nitrogens with zero attached hydrogens (tertiary/aromatic N) is 4. The molecule has 7 heteroatoms. The van der Waals surface area contributed by atoms with Gasteiger partial charge in [-0.3, -0.25) is 4.79 Å². The summed E-state index contributed by atoms with van der Waals surface area (Å²) in [5, 5.41) is 4.11. The van der Waals surface area contributed by atoms with Gasteiger partial charge in [0.25, 0.3) is 5.91 Å². The highest BCUT2D eigenvalue weighted by Gasteiger charge is 2.25. The van der Waals surface area contributed by atoms with E-state index >= 15 is 0 Å². The van der Waals surface area contributed by atoms with E-state index < -0.39 is 0 Å². The van der Waals surface area contributed by atoms with E-state index in [1.165, 1.54) is 12.4 Å². The first kappa shape index (κ1) is 19.1. The fraction of sp³-hybridized carbons (Fsp3) is 0.318. The summed E-state index contributed by atoms with van der Waals surface area (Å²) in [4.78, 5) is 18.8. The van der Waals surface area contributed by atoms with Crippen LogP contribution in [0.1, 0.15) is 28.8 Å². The van der Waals surface area contributed by atoms with E-state index in [1.807, 2.05) is 29.2 Å². The Bertz CT molecular complexity index is 961. The zero-order valence-electron chi connectivity index (χ0n) is 16.1. The monoisotopic (exact) mass is 394 g/mol. The number of rotatable bonds is 6. The average molecular weight is 394 g/mol. The van der Waals surface area contributed by atoms with Crippen molar-refractivity contribution in [3.8, 4) is 5.75 Å². The Hall–Kier alpha value is -3.22. The zero-order chi connectivity index (χ0) is 20.1. The minimum atomic E-state index is -0.361. The van der Waals surface area contributed by atoms with Crippen LogP contribution in [0.25, 0.3) is 0 Å². The van der Waals surface area contributed by atoms with Crippen LogP contribution in [0.4, 0.5) is 4.39 Å². The van der Waals surface area contributed by atoms with Gasteiger partial charge in [0.05, 0.1) is 13.2 Å². The van der Waals surface area contributed by atoms with E-state index in [9.17, 15) is 9.18 Å². The van der Waals surface area contributed by atoms with Gasteiger partial charge in [0, 0.05) is 24.6 Å². The second-order valence-electron chi connectivity index (χ2n) is 7.29. The fourth-order valence-corrected chi connectivity index (χ4v) is 3.64.